The van der Waals surface area contributed by atoms with Crippen LogP contribution in [0.25, 0.3) is 0 Å². The monoisotopic (exact) mass is 247 g/mol. The Bertz CT molecular complexity index is 408. The van der Waals surface area contributed by atoms with Gasteiger partial charge in [-0.1, -0.05) is 11.6 Å². The summed E-state index contributed by atoms with van der Waals surface area (Å²) in [5.41, 5.74) is 5.29. The second-order valence-corrected chi connectivity index (χ2v) is 3.57. The van der Waals surface area contributed by atoms with Gasteiger partial charge in [-0.05, 0) is 0 Å². The van der Waals surface area contributed by atoms with E-state index in [4.69, 9.17) is 22.4 Å². The lowest BCUT2D eigenvalue weighted by atomic mass is 10.0. The summed E-state index contributed by atoms with van der Waals surface area (Å²) in [6.07, 6.45) is -0.490. The van der Waals surface area contributed by atoms with E-state index in [0.29, 0.717) is 0 Å². The molecule has 0 spiro atoms. The molecule has 1 aromatic rings. The van der Waals surface area contributed by atoms with Gasteiger partial charge in [-0.2, -0.15) is 0 Å². The minimum absolute atomic E-state index is 0.193. The zero-order chi connectivity index (χ0) is 12.5. The molecule has 6 N–H and O–H groups in total. The van der Waals surface area contributed by atoms with E-state index in [-0.39, 0.29) is 10.6 Å². The number of hydrogen-bond donors (Lipinski definition) is 5. The zero-order valence-electron chi connectivity index (χ0n) is 8.01. The van der Waals surface area contributed by atoms with Gasteiger partial charge in [0.05, 0.1) is 11.4 Å². The molecular weight excluding hydrogens is 238 g/mol. The van der Waals surface area contributed by atoms with E-state index in [0.717, 1.165) is 6.07 Å². The molecule has 0 amide bonds. The number of carboxylic acids is 1. The topological polar surface area (TPSA) is 124 Å². The van der Waals surface area contributed by atoms with Gasteiger partial charge in [-0.3, -0.25) is 4.79 Å². The van der Waals surface area contributed by atoms with Gasteiger partial charge in [-0.25, -0.2) is 0 Å². The summed E-state index contributed by atoms with van der Waals surface area (Å²) in [5.74, 6) is -2.91. The van der Waals surface area contributed by atoms with Gasteiger partial charge in [0.15, 0.2) is 11.5 Å². The van der Waals surface area contributed by atoms with Crippen LogP contribution in [-0.2, 0) is 4.79 Å². The fraction of sp³-hybridized carbons (Fsp3) is 0.222. The van der Waals surface area contributed by atoms with Crippen molar-refractivity contribution in [2.75, 3.05) is 0 Å². The lowest BCUT2D eigenvalue weighted by Gasteiger charge is -2.15. The summed E-state index contributed by atoms with van der Waals surface area (Å²) >= 11 is 5.65. The average molecular weight is 248 g/mol. The Hall–Kier alpha value is -1.66. The second-order valence-electron chi connectivity index (χ2n) is 3.20. The SMILES string of the molecule is NC(CC(=O)O)c1c(O)c(O)cc(O)c1Cl. The van der Waals surface area contributed by atoms with Crippen molar-refractivity contribution < 1.29 is 25.2 Å². The molecule has 0 aromatic heterocycles. The number of halogens is 1. The molecule has 0 bridgehead atoms. The highest BCUT2D eigenvalue weighted by atomic mass is 35.5. The highest BCUT2D eigenvalue weighted by Crippen LogP contribution is 2.43. The van der Waals surface area contributed by atoms with Crippen LogP contribution in [0, 0.1) is 0 Å². The number of carbonyl (C=O) groups is 1. The van der Waals surface area contributed by atoms with E-state index in [1.807, 2.05) is 0 Å². The van der Waals surface area contributed by atoms with Crippen molar-refractivity contribution in [1.29, 1.82) is 0 Å². The molecule has 0 saturated heterocycles. The van der Waals surface area contributed by atoms with Crippen LogP contribution >= 0.6 is 11.6 Å². The quantitative estimate of drug-likeness (QED) is 0.400. The molecule has 0 aliphatic rings. The highest BCUT2D eigenvalue weighted by Gasteiger charge is 2.23. The Morgan fingerprint density at radius 3 is 2.44 bits per heavy atom. The number of carboxylic acid groups (broad SMARTS) is 1. The number of rotatable bonds is 3. The number of phenolic OH excluding ortho intramolecular Hbond substituents is 3. The Labute approximate surface area is 95.5 Å². The van der Waals surface area contributed by atoms with Crippen LogP contribution in [0.1, 0.15) is 18.0 Å². The molecule has 88 valence electrons. The van der Waals surface area contributed by atoms with Crippen molar-refractivity contribution in [2.24, 2.45) is 5.73 Å². The van der Waals surface area contributed by atoms with E-state index < -0.39 is 35.7 Å². The van der Waals surface area contributed by atoms with E-state index in [1.165, 1.54) is 0 Å². The molecule has 1 rings (SSSR count). The smallest absolute Gasteiger partial charge is 0.305 e. The summed E-state index contributed by atoms with van der Waals surface area (Å²) in [6.45, 7) is 0. The molecule has 6 nitrogen and oxygen atoms in total. The van der Waals surface area contributed by atoms with Crippen LogP contribution < -0.4 is 5.73 Å². The predicted molar refractivity (Wildman–Crippen MR) is 55.6 cm³/mol. The van der Waals surface area contributed by atoms with Crippen LogP contribution in [0.2, 0.25) is 5.02 Å². The van der Waals surface area contributed by atoms with Gasteiger partial charge in [0.2, 0.25) is 0 Å². The fourth-order valence-electron chi connectivity index (χ4n) is 1.27. The van der Waals surface area contributed by atoms with Crippen LogP contribution in [0.15, 0.2) is 6.07 Å². The Balaban J connectivity index is 3.26. The summed E-state index contributed by atoms with van der Waals surface area (Å²) in [5, 5.41) is 36.2. The Kier molecular flexibility index (Phi) is 3.46. The van der Waals surface area contributed by atoms with Crippen molar-refractivity contribution >= 4 is 17.6 Å². The molecule has 7 heteroatoms. The molecule has 0 heterocycles. The van der Waals surface area contributed by atoms with E-state index in [2.05, 4.69) is 0 Å². The lowest BCUT2D eigenvalue weighted by Crippen LogP contribution is -2.15. The summed E-state index contributed by atoms with van der Waals surface area (Å²) < 4.78 is 0. The first kappa shape index (κ1) is 12.4. The van der Waals surface area contributed by atoms with Crippen LogP contribution in [0.3, 0.4) is 0 Å². The molecule has 1 unspecified atom stereocenters. The van der Waals surface area contributed by atoms with Crippen LogP contribution in [0.5, 0.6) is 17.2 Å². The predicted octanol–water partition coefficient (Wildman–Crippen LogP) is 0.931. The molecule has 0 radical (unpaired) electrons. The molecule has 1 aromatic carbocycles. The maximum absolute atomic E-state index is 10.4. The molecule has 0 saturated carbocycles. The summed E-state index contributed by atoms with van der Waals surface area (Å²) in [6, 6.07) is -0.280. The van der Waals surface area contributed by atoms with Crippen molar-refractivity contribution in [3.05, 3.63) is 16.7 Å². The van der Waals surface area contributed by atoms with Crippen molar-refractivity contribution in [2.45, 2.75) is 12.5 Å². The molecule has 1 atom stereocenters. The largest absolute Gasteiger partial charge is 0.506 e. The van der Waals surface area contributed by atoms with Crippen molar-refractivity contribution in [3.8, 4) is 17.2 Å². The van der Waals surface area contributed by atoms with Gasteiger partial charge in [0, 0.05) is 17.7 Å². The van der Waals surface area contributed by atoms with Crippen molar-refractivity contribution in [1.82, 2.24) is 0 Å². The third kappa shape index (κ3) is 2.29. The third-order valence-corrected chi connectivity index (χ3v) is 2.40. The number of aliphatic carboxylic acids is 1. The van der Waals surface area contributed by atoms with Crippen LogP contribution in [-0.4, -0.2) is 26.4 Å². The average Bonchev–Trinajstić information content (AvgIpc) is 2.14. The van der Waals surface area contributed by atoms with Gasteiger partial charge in [0.25, 0.3) is 0 Å². The highest BCUT2D eigenvalue weighted by molar-refractivity contribution is 6.33. The normalized spacial score (nSPS) is 12.4. The van der Waals surface area contributed by atoms with Crippen molar-refractivity contribution in [3.63, 3.8) is 0 Å². The van der Waals surface area contributed by atoms with Gasteiger partial charge < -0.3 is 26.2 Å². The number of benzene rings is 1. The maximum Gasteiger partial charge on any atom is 0.305 e. The minimum Gasteiger partial charge on any atom is -0.506 e. The molecule has 16 heavy (non-hydrogen) atoms. The van der Waals surface area contributed by atoms with Gasteiger partial charge in [0.1, 0.15) is 5.75 Å². The molecule has 0 aliphatic carbocycles. The van der Waals surface area contributed by atoms with E-state index >= 15 is 0 Å². The summed E-state index contributed by atoms with van der Waals surface area (Å²) in [7, 11) is 0. The second kappa shape index (κ2) is 4.46. The number of aromatic hydroxyl groups is 3. The molecule has 0 aliphatic heterocycles. The Morgan fingerprint density at radius 2 is 1.94 bits per heavy atom. The van der Waals surface area contributed by atoms with E-state index in [1.54, 1.807) is 0 Å². The zero-order valence-corrected chi connectivity index (χ0v) is 8.77. The fourth-order valence-corrected chi connectivity index (χ4v) is 1.55. The number of phenols is 3. The number of hydrogen-bond acceptors (Lipinski definition) is 5. The number of nitrogens with two attached hydrogens (primary N) is 1. The van der Waals surface area contributed by atoms with Gasteiger partial charge in [-0.15, -0.1) is 0 Å². The maximum atomic E-state index is 10.4. The lowest BCUT2D eigenvalue weighted by molar-refractivity contribution is -0.137. The van der Waals surface area contributed by atoms with Gasteiger partial charge >= 0.3 is 5.97 Å². The first-order valence-electron chi connectivity index (χ1n) is 4.25. The van der Waals surface area contributed by atoms with Crippen LogP contribution in [0.4, 0.5) is 0 Å². The first-order chi connectivity index (χ1) is 7.34. The molecule has 0 fully saturated rings. The summed E-state index contributed by atoms with van der Waals surface area (Å²) in [4.78, 5) is 10.4. The standard InChI is InChI=1S/C9H10ClNO5/c10-8-4(12)2-5(13)9(16)7(8)3(11)1-6(14)15/h2-3,12-13,16H,1,11H2,(H,14,15). The van der Waals surface area contributed by atoms with E-state index in [9.17, 15) is 20.1 Å². The Morgan fingerprint density at radius 1 is 1.38 bits per heavy atom. The minimum atomic E-state index is -1.19. The first-order valence-corrected chi connectivity index (χ1v) is 4.63. The molecular formula is C9H10ClNO5. The third-order valence-electron chi connectivity index (χ3n) is 2.00.